The molecule has 0 aliphatic rings. The van der Waals surface area contributed by atoms with Crippen molar-refractivity contribution in [1.29, 1.82) is 0 Å². The maximum atomic E-state index is 5.47. The molecule has 1 heterocycles. The fourth-order valence-electron chi connectivity index (χ4n) is 1.78. The molecule has 0 saturated carbocycles. The van der Waals surface area contributed by atoms with Crippen molar-refractivity contribution in [2.24, 2.45) is 0 Å². The van der Waals surface area contributed by atoms with Gasteiger partial charge in [-0.15, -0.1) is 0 Å². The van der Waals surface area contributed by atoms with Gasteiger partial charge < -0.3 is 14.5 Å². The normalized spacial score (nSPS) is 10.5. The van der Waals surface area contributed by atoms with Crippen molar-refractivity contribution in [3.8, 4) is 17.1 Å². The Labute approximate surface area is 101 Å². The fraction of sp³-hybridized carbons (Fsp3) is 0.308. The van der Waals surface area contributed by atoms with Crippen LogP contribution in [0.4, 0.5) is 0 Å². The third-order valence-corrected chi connectivity index (χ3v) is 2.59. The fourth-order valence-corrected chi connectivity index (χ4v) is 1.78. The lowest BCUT2D eigenvalue weighted by Gasteiger charge is -2.08. The Morgan fingerprint density at radius 3 is 2.94 bits per heavy atom. The molecule has 0 radical (unpaired) electrons. The van der Waals surface area contributed by atoms with Crippen molar-refractivity contribution in [2.45, 2.75) is 13.5 Å². The van der Waals surface area contributed by atoms with Crippen LogP contribution in [-0.4, -0.2) is 19.1 Å². The molecule has 0 atom stereocenters. The van der Waals surface area contributed by atoms with E-state index in [2.05, 4.69) is 10.3 Å². The highest BCUT2D eigenvalue weighted by molar-refractivity contribution is 5.68. The summed E-state index contributed by atoms with van der Waals surface area (Å²) in [5.74, 6) is 1.56. The number of benzene rings is 1. The minimum Gasteiger partial charge on any atom is -0.496 e. The summed E-state index contributed by atoms with van der Waals surface area (Å²) in [4.78, 5) is 4.20. The van der Waals surface area contributed by atoms with E-state index < -0.39 is 0 Å². The minimum atomic E-state index is 0.670. The monoisotopic (exact) mass is 232 g/mol. The Kier molecular flexibility index (Phi) is 3.44. The van der Waals surface area contributed by atoms with Crippen molar-refractivity contribution >= 4 is 0 Å². The number of nitrogens with zero attached hydrogens (tertiary/aromatic N) is 1. The second-order valence-corrected chi connectivity index (χ2v) is 3.86. The first kappa shape index (κ1) is 11.7. The van der Waals surface area contributed by atoms with Gasteiger partial charge in [0.25, 0.3) is 0 Å². The number of ether oxygens (including phenoxy) is 1. The van der Waals surface area contributed by atoms with E-state index in [9.17, 15) is 0 Å². The Morgan fingerprint density at radius 1 is 1.41 bits per heavy atom. The zero-order valence-electron chi connectivity index (χ0n) is 10.3. The number of rotatable bonds is 4. The summed E-state index contributed by atoms with van der Waals surface area (Å²) in [7, 11) is 3.54. The van der Waals surface area contributed by atoms with E-state index in [-0.39, 0.29) is 0 Å². The average Bonchev–Trinajstić information content (AvgIpc) is 2.77. The number of hydrogen-bond donors (Lipinski definition) is 1. The van der Waals surface area contributed by atoms with Crippen LogP contribution in [0, 0.1) is 6.92 Å². The largest absolute Gasteiger partial charge is 0.496 e. The van der Waals surface area contributed by atoms with Crippen LogP contribution >= 0.6 is 0 Å². The van der Waals surface area contributed by atoms with Crippen LogP contribution in [0.25, 0.3) is 11.3 Å². The molecule has 90 valence electrons. The lowest BCUT2D eigenvalue weighted by molar-refractivity contribution is 0.414. The number of methoxy groups -OCH3 is 1. The Bertz CT molecular complexity index is 506. The first-order valence-corrected chi connectivity index (χ1v) is 5.48. The van der Waals surface area contributed by atoms with E-state index in [1.54, 1.807) is 7.11 Å². The number of hydrogen-bond acceptors (Lipinski definition) is 4. The molecule has 4 nitrogen and oxygen atoms in total. The second-order valence-electron chi connectivity index (χ2n) is 3.86. The maximum Gasteiger partial charge on any atom is 0.181 e. The molecule has 0 aliphatic heterocycles. The number of aromatic nitrogens is 1. The van der Waals surface area contributed by atoms with Crippen molar-refractivity contribution in [1.82, 2.24) is 10.3 Å². The SMILES string of the molecule is CNCc1ncoc1-c1cc(C)ccc1OC. The molecular weight excluding hydrogens is 216 g/mol. The molecule has 0 spiro atoms. The summed E-state index contributed by atoms with van der Waals surface area (Å²) in [5.41, 5.74) is 2.99. The first-order chi connectivity index (χ1) is 8.26. The van der Waals surface area contributed by atoms with Gasteiger partial charge in [-0.2, -0.15) is 0 Å². The lowest BCUT2D eigenvalue weighted by atomic mass is 10.1. The summed E-state index contributed by atoms with van der Waals surface area (Å²) in [6, 6.07) is 5.99. The third kappa shape index (κ3) is 2.31. The number of oxazole rings is 1. The summed E-state index contributed by atoms with van der Waals surface area (Å²) in [5, 5.41) is 3.07. The predicted octanol–water partition coefficient (Wildman–Crippen LogP) is 2.38. The molecule has 2 aromatic rings. The maximum absolute atomic E-state index is 5.47. The molecule has 0 bridgehead atoms. The van der Waals surface area contributed by atoms with Crippen LogP contribution in [0.15, 0.2) is 29.0 Å². The van der Waals surface area contributed by atoms with E-state index in [1.165, 1.54) is 6.39 Å². The van der Waals surface area contributed by atoms with E-state index in [1.807, 2.05) is 32.2 Å². The van der Waals surface area contributed by atoms with Gasteiger partial charge in [0.2, 0.25) is 0 Å². The Hall–Kier alpha value is -1.81. The van der Waals surface area contributed by atoms with Gasteiger partial charge >= 0.3 is 0 Å². The Balaban J connectivity index is 2.51. The molecule has 0 amide bonds. The molecule has 4 heteroatoms. The van der Waals surface area contributed by atoms with Crippen molar-refractivity contribution < 1.29 is 9.15 Å². The van der Waals surface area contributed by atoms with Crippen LogP contribution in [0.2, 0.25) is 0 Å². The molecule has 0 fully saturated rings. The van der Waals surface area contributed by atoms with Gasteiger partial charge in [0.15, 0.2) is 12.2 Å². The van der Waals surface area contributed by atoms with Crippen molar-refractivity contribution in [3.63, 3.8) is 0 Å². The molecular formula is C13H16N2O2. The number of nitrogens with one attached hydrogen (secondary N) is 1. The molecule has 0 saturated heterocycles. The first-order valence-electron chi connectivity index (χ1n) is 5.48. The molecule has 0 unspecified atom stereocenters. The van der Waals surface area contributed by atoms with Gasteiger partial charge in [0.05, 0.1) is 12.7 Å². The van der Waals surface area contributed by atoms with Gasteiger partial charge in [0.1, 0.15) is 11.4 Å². The van der Waals surface area contributed by atoms with Crippen molar-refractivity contribution in [2.75, 3.05) is 14.2 Å². The van der Waals surface area contributed by atoms with Crippen LogP contribution in [0.3, 0.4) is 0 Å². The molecule has 1 N–H and O–H groups in total. The lowest BCUT2D eigenvalue weighted by Crippen LogP contribution is -2.06. The molecule has 0 aliphatic carbocycles. The summed E-state index contributed by atoms with van der Waals surface area (Å²) in [6.07, 6.45) is 1.46. The standard InChI is InChI=1S/C13H16N2O2/c1-9-4-5-12(16-3)10(6-9)13-11(7-14-2)15-8-17-13/h4-6,8,14H,7H2,1-3H3. The molecule has 2 rings (SSSR count). The van der Waals surface area contributed by atoms with Crippen LogP contribution in [-0.2, 0) is 6.54 Å². The smallest absolute Gasteiger partial charge is 0.181 e. The van der Waals surface area contributed by atoms with E-state index in [0.29, 0.717) is 6.54 Å². The highest BCUT2D eigenvalue weighted by Crippen LogP contribution is 2.32. The van der Waals surface area contributed by atoms with E-state index >= 15 is 0 Å². The van der Waals surface area contributed by atoms with Crippen LogP contribution in [0.1, 0.15) is 11.3 Å². The van der Waals surface area contributed by atoms with Crippen LogP contribution < -0.4 is 10.1 Å². The van der Waals surface area contributed by atoms with Gasteiger partial charge in [-0.3, -0.25) is 0 Å². The quantitative estimate of drug-likeness (QED) is 0.879. The van der Waals surface area contributed by atoms with E-state index in [4.69, 9.17) is 9.15 Å². The van der Waals surface area contributed by atoms with E-state index in [0.717, 1.165) is 28.3 Å². The highest BCUT2D eigenvalue weighted by Gasteiger charge is 2.14. The minimum absolute atomic E-state index is 0.670. The molecule has 1 aromatic carbocycles. The molecule has 1 aromatic heterocycles. The van der Waals surface area contributed by atoms with Crippen molar-refractivity contribution in [3.05, 3.63) is 35.9 Å². The topological polar surface area (TPSA) is 47.3 Å². The zero-order chi connectivity index (χ0) is 12.3. The number of aryl methyl sites for hydroxylation is 1. The summed E-state index contributed by atoms with van der Waals surface area (Å²) >= 11 is 0. The Morgan fingerprint density at radius 2 is 2.24 bits per heavy atom. The second kappa shape index (κ2) is 5.01. The predicted molar refractivity (Wildman–Crippen MR) is 66.0 cm³/mol. The summed E-state index contributed by atoms with van der Waals surface area (Å²) in [6.45, 7) is 2.71. The van der Waals surface area contributed by atoms with Gasteiger partial charge in [0, 0.05) is 6.54 Å². The van der Waals surface area contributed by atoms with Gasteiger partial charge in [-0.1, -0.05) is 11.6 Å². The van der Waals surface area contributed by atoms with Crippen LogP contribution in [0.5, 0.6) is 5.75 Å². The van der Waals surface area contributed by atoms with Gasteiger partial charge in [-0.05, 0) is 26.1 Å². The highest BCUT2D eigenvalue weighted by atomic mass is 16.5. The molecule has 17 heavy (non-hydrogen) atoms. The van der Waals surface area contributed by atoms with Gasteiger partial charge in [-0.25, -0.2) is 4.98 Å². The third-order valence-electron chi connectivity index (χ3n) is 2.59. The zero-order valence-corrected chi connectivity index (χ0v) is 10.3. The average molecular weight is 232 g/mol. The summed E-state index contributed by atoms with van der Waals surface area (Å²) < 4.78 is 10.8.